The molecule has 0 aromatic heterocycles. The van der Waals surface area contributed by atoms with Crippen LogP contribution in [0.25, 0.3) is 0 Å². The lowest BCUT2D eigenvalue weighted by Crippen LogP contribution is -2.46. The second-order valence-corrected chi connectivity index (χ2v) is 5.35. The molecule has 3 N–H and O–H groups in total. The van der Waals surface area contributed by atoms with Gasteiger partial charge in [-0.15, -0.1) is 0 Å². The van der Waals surface area contributed by atoms with Crippen molar-refractivity contribution in [2.24, 2.45) is 5.73 Å². The molecule has 0 bridgehead atoms. The highest BCUT2D eigenvalue weighted by atomic mass is 79.9. The van der Waals surface area contributed by atoms with Gasteiger partial charge in [-0.1, -0.05) is 6.92 Å². The Kier molecular flexibility index (Phi) is 4.24. The molecule has 5 heteroatoms. The number of amidine groups is 1. The van der Waals surface area contributed by atoms with Crippen LogP contribution in [0.15, 0.2) is 22.7 Å². The number of likely N-dealkylation sites (N-methyl/N-ethyl adjacent to an activating group) is 1. The van der Waals surface area contributed by atoms with Crippen molar-refractivity contribution in [3.8, 4) is 0 Å². The van der Waals surface area contributed by atoms with Crippen LogP contribution in [0, 0.1) is 5.41 Å². The van der Waals surface area contributed by atoms with Gasteiger partial charge in [0.25, 0.3) is 0 Å². The van der Waals surface area contributed by atoms with Gasteiger partial charge < -0.3 is 15.5 Å². The molecule has 0 unspecified atom stereocenters. The molecular weight excluding hydrogens is 292 g/mol. The standard InChI is InChI=1S/C13H19BrN4/c1-2-17-5-7-18(8-6-17)10-3-4-11(13(15)16)12(14)9-10/h3-4,9H,2,5-8H2,1H3,(H3,15,16). The number of nitrogens with zero attached hydrogens (tertiary/aromatic N) is 2. The number of rotatable bonds is 3. The van der Waals surface area contributed by atoms with Gasteiger partial charge in [-0.2, -0.15) is 0 Å². The maximum atomic E-state index is 7.47. The van der Waals surface area contributed by atoms with Crippen LogP contribution in [0.2, 0.25) is 0 Å². The summed E-state index contributed by atoms with van der Waals surface area (Å²) in [5.41, 5.74) is 7.46. The maximum Gasteiger partial charge on any atom is 0.123 e. The van der Waals surface area contributed by atoms with Crippen molar-refractivity contribution in [3.05, 3.63) is 28.2 Å². The quantitative estimate of drug-likeness (QED) is 0.662. The molecule has 0 aliphatic carbocycles. The summed E-state index contributed by atoms with van der Waals surface area (Å²) < 4.78 is 0.894. The van der Waals surface area contributed by atoms with Gasteiger partial charge in [-0.25, -0.2) is 0 Å². The van der Waals surface area contributed by atoms with E-state index in [4.69, 9.17) is 11.1 Å². The Hall–Kier alpha value is -1.07. The van der Waals surface area contributed by atoms with Gasteiger partial charge in [0.1, 0.15) is 5.84 Å². The predicted molar refractivity (Wildman–Crippen MR) is 79.5 cm³/mol. The number of hydrogen-bond donors (Lipinski definition) is 2. The molecule has 0 radical (unpaired) electrons. The van der Waals surface area contributed by atoms with Gasteiger partial charge in [0, 0.05) is 41.9 Å². The first-order chi connectivity index (χ1) is 8.61. The highest BCUT2D eigenvalue weighted by Gasteiger charge is 2.16. The minimum absolute atomic E-state index is 0.101. The van der Waals surface area contributed by atoms with E-state index < -0.39 is 0 Å². The zero-order chi connectivity index (χ0) is 13.1. The third kappa shape index (κ3) is 2.84. The van der Waals surface area contributed by atoms with E-state index >= 15 is 0 Å². The van der Waals surface area contributed by atoms with Gasteiger partial charge in [-0.3, -0.25) is 5.41 Å². The highest BCUT2D eigenvalue weighted by molar-refractivity contribution is 9.10. The lowest BCUT2D eigenvalue weighted by Gasteiger charge is -2.35. The second kappa shape index (κ2) is 5.71. The summed E-state index contributed by atoms with van der Waals surface area (Å²) in [4.78, 5) is 4.83. The lowest BCUT2D eigenvalue weighted by atomic mass is 10.1. The molecule has 0 atom stereocenters. The minimum Gasteiger partial charge on any atom is -0.384 e. The van der Waals surface area contributed by atoms with E-state index in [9.17, 15) is 0 Å². The summed E-state index contributed by atoms with van der Waals surface area (Å²) in [6.07, 6.45) is 0. The summed E-state index contributed by atoms with van der Waals surface area (Å²) in [7, 11) is 0. The molecule has 1 aromatic rings. The van der Waals surface area contributed by atoms with Crippen LogP contribution in [0.1, 0.15) is 12.5 Å². The van der Waals surface area contributed by atoms with Gasteiger partial charge in [0.15, 0.2) is 0 Å². The molecule has 1 aliphatic heterocycles. The monoisotopic (exact) mass is 310 g/mol. The molecule has 98 valence electrons. The number of nitrogen functional groups attached to an aromatic ring is 1. The fraction of sp³-hybridized carbons (Fsp3) is 0.462. The summed E-state index contributed by atoms with van der Waals surface area (Å²) in [6.45, 7) is 7.67. The molecule has 2 rings (SSSR count). The van der Waals surface area contributed by atoms with Crippen LogP contribution in [-0.2, 0) is 0 Å². The number of nitrogens with two attached hydrogens (primary N) is 1. The Morgan fingerprint density at radius 3 is 2.50 bits per heavy atom. The van der Waals surface area contributed by atoms with Crippen molar-refractivity contribution in [2.75, 3.05) is 37.6 Å². The number of halogens is 1. The van der Waals surface area contributed by atoms with Crippen LogP contribution in [0.3, 0.4) is 0 Å². The van der Waals surface area contributed by atoms with Crippen molar-refractivity contribution in [1.82, 2.24) is 4.90 Å². The fourth-order valence-electron chi connectivity index (χ4n) is 2.24. The van der Waals surface area contributed by atoms with E-state index in [0.717, 1.165) is 42.8 Å². The Morgan fingerprint density at radius 2 is 2.00 bits per heavy atom. The first-order valence-corrected chi connectivity index (χ1v) is 7.02. The first-order valence-electron chi connectivity index (χ1n) is 6.23. The molecule has 0 amide bonds. The number of hydrogen-bond acceptors (Lipinski definition) is 3. The Bertz CT molecular complexity index is 439. The average Bonchev–Trinajstić information content (AvgIpc) is 2.38. The maximum absolute atomic E-state index is 7.47. The van der Waals surface area contributed by atoms with E-state index in [1.807, 2.05) is 12.1 Å². The van der Waals surface area contributed by atoms with Gasteiger partial charge in [0.05, 0.1) is 0 Å². The van der Waals surface area contributed by atoms with Gasteiger partial charge >= 0.3 is 0 Å². The average molecular weight is 311 g/mol. The molecule has 18 heavy (non-hydrogen) atoms. The van der Waals surface area contributed by atoms with E-state index in [1.54, 1.807) is 0 Å². The number of nitrogens with one attached hydrogen (secondary N) is 1. The Morgan fingerprint density at radius 1 is 1.33 bits per heavy atom. The summed E-state index contributed by atoms with van der Waals surface area (Å²) in [5.74, 6) is 0.101. The molecular formula is C13H19BrN4. The molecule has 4 nitrogen and oxygen atoms in total. The SMILES string of the molecule is CCN1CCN(c2ccc(C(=N)N)c(Br)c2)CC1. The van der Waals surface area contributed by atoms with Crippen molar-refractivity contribution < 1.29 is 0 Å². The normalized spacial score (nSPS) is 16.9. The Labute approximate surface area is 116 Å². The molecule has 0 saturated carbocycles. The molecule has 1 saturated heterocycles. The van der Waals surface area contributed by atoms with E-state index in [2.05, 4.69) is 38.7 Å². The topological polar surface area (TPSA) is 56.4 Å². The van der Waals surface area contributed by atoms with Crippen molar-refractivity contribution >= 4 is 27.5 Å². The van der Waals surface area contributed by atoms with Crippen LogP contribution in [0.4, 0.5) is 5.69 Å². The minimum atomic E-state index is 0.101. The van der Waals surface area contributed by atoms with Crippen LogP contribution in [0.5, 0.6) is 0 Å². The number of anilines is 1. The highest BCUT2D eigenvalue weighted by Crippen LogP contribution is 2.24. The van der Waals surface area contributed by atoms with E-state index in [-0.39, 0.29) is 5.84 Å². The van der Waals surface area contributed by atoms with Crippen LogP contribution in [-0.4, -0.2) is 43.5 Å². The zero-order valence-corrected chi connectivity index (χ0v) is 12.2. The smallest absolute Gasteiger partial charge is 0.123 e. The molecule has 1 aliphatic rings. The van der Waals surface area contributed by atoms with Gasteiger partial charge in [0.2, 0.25) is 0 Å². The molecule has 0 spiro atoms. The second-order valence-electron chi connectivity index (χ2n) is 4.50. The third-order valence-electron chi connectivity index (χ3n) is 3.43. The molecule has 1 aromatic carbocycles. The first kappa shape index (κ1) is 13.4. The predicted octanol–water partition coefficient (Wildman–Crippen LogP) is 1.88. The van der Waals surface area contributed by atoms with Crippen LogP contribution >= 0.6 is 15.9 Å². The zero-order valence-electron chi connectivity index (χ0n) is 10.6. The van der Waals surface area contributed by atoms with E-state index in [0.29, 0.717) is 0 Å². The number of piperazine rings is 1. The Balaban J connectivity index is 2.11. The van der Waals surface area contributed by atoms with Gasteiger partial charge in [-0.05, 0) is 40.7 Å². The van der Waals surface area contributed by atoms with E-state index in [1.165, 1.54) is 5.69 Å². The van der Waals surface area contributed by atoms with Crippen molar-refractivity contribution in [2.45, 2.75) is 6.92 Å². The fourth-order valence-corrected chi connectivity index (χ4v) is 2.82. The van der Waals surface area contributed by atoms with Crippen molar-refractivity contribution in [1.29, 1.82) is 5.41 Å². The summed E-state index contributed by atoms with van der Waals surface area (Å²) in [6, 6.07) is 6.01. The summed E-state index contributed by atoms with van der Waals surface area (Å²) in [5, 5.41) is 7.47. The van der Waals surface area contributed by atoms with Crippen LogP contribution < -0.4 is 10.6 Å². The largest absolute Gasteiger partial charge is 0.384 e. The van der Waals surface area contributed by atoms with Crippen molar-refractivity contribution in [3.63, 3.8) is 0 Å². The lowest BCUT2D eigenvalue weighted by molar-refractivity contribution is 0.271. The molecule has 1 heterocycles. The summed E-state index contributed by atoms with van der Waals surface area (Å²) >= 11 is 3.48. The molecule has 1 fully saturated rings. The third-order valence-corrected chi connectivity index (χ3v) is 4.08. The number of benzene rings is 1.